The molecular weight excluding hydrogens is 457 g/mol. The van der Waals surface area contributed by atoms with Crippen LogP contribution < -0.4 is 16.6 Å². The number of aromatic nitrogens is 2. The topological polar surface area (TPSA) is 93.2 Å². The third-order valence-corrected chi connectivity index (χ3v) is 5.90. The summed E-state index contributed by atoms with van der Waals surface area (Å²) in [5, 5.41) is 7.23. The van der Waals surface area contributed by atoms with Crippen LogP contribution in [0.3, 0.4) is 0 Å². The Bertz CT molecular complexity index is 1430. The van der Waals surface area contributed by atoms with Crippen LogP contribution in [0.2, 0.25) is 0 Å². The zero-order valence-corrected chi connectivity index (χ0v) is 20.4. The molecule has 4 aromatic rings. The monoisotopic (exact) mass is 485 g/mol. The predicted octanol–water partition coefficient (Wildman–Crippen LogP) is 4.55. The number of benzene rings is 3. The van der Waals surface area contributed by atoms with Gasteiger partial charge in [-0.05, 0) is 62.5 Å². The number of anilines is 2. The van der Waals surface area contributed by atoms with Gasteiger partial charge in [0.05, 0.1) is 23.1 Å². The lowest BCUT2D eigenvalue weighted by atomic mass is 10.1. The van der Waals surface area contributed by atoms with E-state index >= 15 is 0 Å². The number of para-hydroxylation sites is 1. The largest absolute Gasteiger partial charge is 0.395 e. The number of nitrogens with zero attached hydrogens (tertiary/aromatic N) is 3. The summed E-state index contributed by atoms with van der Waals surface area (Å²) in [4.78, 5) is 27.3. The Morgan fingerprint density at radius 1 is 1.03 bits per heavy atom. The Hall–Kier alpha value is -4.30. The first-order valence-electron chi connectivity index (χ1n) is 11.5. The van der Waals surface area contributed by atoms with E-state index in [0.29, 0.717) is 11.3 Å². The molecule has 36 heavy (non-hydrogen) atoms. The van der Waals surface area contributed by atoms with Crippen molar-refractivity contribution in [2.45, 2.75) is 19.5 Å². The van der Waals surface area contributed by atoms with E-state index in [1.807, 2.05) is 33.2 Å². The van der Waals surface area contributed by atoms with Gasteiger partial charge in [0.15, 0.2) is 0 Å². The Balaban J connectivity index is 1.53. The fraction of sp³-hybridized carbons (Fsp3) is 0.179. The fourth-order valence-corrected chi connectivity index (χ4v) is 3.90. The minimum atomic E-state index is -0.596. The summed E-state index contributed by atoms with van der Waals surface area (Å²) in [5.74, 6) is -1.01. The summed E-state index contributed by atoms with van der Waals surface area (Å²) in [7, 11) is 4.04. The highest BCUT2D eigenvalue weighted by Crippen LogP contribution is 2.23. The van der Waals surface area contributed by atoms with Gasteiger partial charge in [-0.25, -0.2) is 9.07 Å². The zero-order valence-electron chi connectivity index (χ0n) is 20.4. The summed E-state index contributed by atoms with van der Waals surface area (Å²) in [6.45, 7) is 2.72. The SMILES string of the molecule is C[C@@H](c1ccc(C(=O)Nc2cccc(F)c2N)cc1)n1nc(-c2ccc(CN(C)C)cc2)ccc1=O. The molecule has 0 aliphatic rings. The molecule has 1 aromatic heterocycles. The molecule has 3 aromatic carbocycles. The van der Waals surface area contributed by atoms with Crippen molar-refractivity contribution in [2.75, 3.05) is 25.1 Å². The molecule has 0 bridgehead atoms. The number of carbonyl (C=O) groups is 1. The molecule has 0 spiro atoms. The van der Waals surface area contributed by atoms with E-state index in [9.17, 15) is 14.0 Å². The highest BCUT2D eigenvalue weighted by atomic mass is 19.1. The maximum atomic E-state index is 13.7. The molecule has 4 rings (SSSR count). The normalized spacial score (nSPS) is 11.9. The van der Waals surface area contributed by atoms with Gasteiger partial charge in [-0.2, -0.15) is 5.10 Å². The molecule has 8 heteroatoms. The first-order chi connectivity index (χ1) is 17.2. The predicted molar refractivity (Wildman–Crippen MR) is 140 cm³/mol. The lowest BCUT2D eigenvalue weighted by Gasteiger charge is -2.16. The number of rotatable bonds is 7. The summed E-state index contributed by atoms with van der Waals surface area (Å²) < 4.78 is 15.1. The summed E-state index contributed by atoms with van der Waals surface area (Å²) in [6, 6.07) is 22.0. The van der Waals surface area contributed by atoms with Gasteiger partial charge in [0.1, 0.15) is 5.82 Å². The minimum Gasteiger partial charge on any atom is -0.395 e. The Labute approximate surface area is 209 Å². The van der Waals surface area contributed by atoms with Crippen molar-refractivity contribution in [1.29, 1.82) is 0 Å². The molecule has 0 saturated carbocycles. The summed E-state index contributed by atoms with van der Waals surface area (Å²) in [5.41, 5.74) is 9.56. The second-order valence-electron chi connectivity index (χ2n) is 8.89. The van der Waals surface area contributed by atoms with E-state index < -0.39 is 11.7 Å². The maximum absolute atomic E-state index is 13.7. The van der Waals surface area contributed by atoms with Crippen molar-refractivity contribution in [1.82, 2.24) is 14.7 Å². The van der Waals surface area contributed by atoms with Gasteiger partial charge < -0.3 is 16.0 Å². The van der Waals surface area contributed by atoms with E-state index in [1.54, 1.807) is 30.3 Å². The van der Waals surface area contributed by atoms with Crippen molar-refractivity contribution < 1.29 is 9.18 Å². The maximum Gasteiger partial charge on any atom is 0.267 e. The minimum absolute atomic E-state index is 0.117. The molecule has 0 saturated heterocycles. The molecule has 7 nitrogen and oxygen atoms in total. The second-order valence-corrected chi connectivity index (χ2v) is 8.89. The molecule has 184 valence electrons. The quantitative estimate of drug-likeness (QED) is 0.375. The zero-order chi connectivity index (χ0) is 25.8. The average molecular weight is 486 g/mol. The smallest absolute Gasteiger partial charge is 0.267 e. The number of nitrogens with one attached hydrogen (secondary N) is 1. The Morgan fingerprint density at radius 2 is 1.72 bits per heavy atom. The molecule has 0 radical (unpaired) electrons. The molecule has 1 atom stereocenters. The average Bonchev–Trinajstić information content (AvgIpc) is 2.87. The molecule has 0 unspecified atom stereocenters. The number of hydrogen-bond donors (Lipinski definition) is 2. The molecule has 1 heterocycles. The van der Waals surface area contributed by atoms with Gasteiger partial charge >= 0.3 is 0 Å². The van der Waals surface area contributed by atoms with Crippen LogP contribution in [0.25, 0.3) is 11.3 Å². The van der Waals surface area contributed by atoms with Crippen molar-refractivity contribution in [3.05, 3.63) is 112 Å². The number of hydrogen-bond acceptors (Lipinski definition) is 5. The van der Waals surface area contributed by atoms with E-state index in [-0.39, 0.29) is 23.0 Å². The fourth-order valence-electron chi connectivity index (χ4n) is 3.90. The van der Waals surface area contributed by atoms with Crippen LogP contribution in [0.4, 0.5) is 15.8 Å². The first kappa shape index (κ1) is 24.8. The number of nitrogen functional groups attached to an aromatic ring is 1. The lowest BCUT2D eigenvalue weighted by Crippen LogP contribution is -2.26. The highest BCUT2D eigenvalue weighted by Gasteiger charge is 2.15. The highest BCUT2D eigenvalue weighted by molar-refractivity contribution is 6.05. The van der Waals surface area contributed by atoms with Crippen molar-refractivity contribution in [2.24, 2.45) is 0 Å². The summed E-state index contributed by atoms with van der Waals surface area (Å²) >= 11 is 0. The van der Waals surface area contributed by atoms with Gasteiger partial charge in [0.25, 0.3) is 11.5 Å². The standard InChI is InChI=1S/C28H28FN5O2/c1-18(20-11-13-22(14-12-20)28(36)31-25-6-4-5-23(29)27(25)30)34-26(35)16-15-24(32-34)21-9-7-19(8-10-21)17-33(2)3/h4-16,18H,17,30H2,1-3H3,(H,31,36)/t18-/m0/s1. The number of nitrogens with two attached hydrogens (primary N) is 1. The molecular formula is C28H28FN5O2. The third kappa shape index (κ3) is 5.50. The van der Waals surface area contributed by atoms with Crippen molar-refractivity contribution in [3.8, 4) is 11.3 Å². The second kappa shape index (κ2) is 10.5. The molecule has 0 aliphatic heterocycles. The van der Waals surface area contributed by atoms with Crippen molar-refractivity contribution in [3.63, 3.8) is 0 Å². The molecule has 0 aliphatic carbocycles. The third-order valence-electron chi connectivity index (χ3n) is 5.90. The number of amides is 1. The van der Waals surface area contributed by atoms with Crippen LogP contribution in [-0.2, 0) is 6.54 Å². The van der Waals surface area contributed by atoms with Crippen LogP contribution in [0.5, 0.6) is 0 Å². The van der Waals surface area contributed by atoms with E-state index in [2.05, 4.69) is 27.4 Å². The number of carbonyl (C=O) groups excluding carboxylic acids is 1. The Morgan fingerprint density at radius 3 is 2.39 bits per heavy atom. The van der Waals surface area contributed by atoms with Crippen LogP contribution in [0.1, 0.15) is 34.5 Å². The molecule has 0 fully saturated rings. The Kier molecular flexibility index (Phi) is 7.26. The van der Waals surface area contributed by atoms with Gasteiger partial charge in [-0.15, -0.1) is 0 Å². The van der Waals surface area contributed by atoms with Crippen LogP contribution in [0, 0.1) is 5.82 Å². The lowest BCUT2D eigenvalue weighted by molar-refractivity contribution is 0.102. The molecule has 1 amide bonds. The number of halogens is 1. The van der Waals surface area contributed by atoms with Gasteiger partial charge in [-0.1, -0.05) is 42.5 Å². The van der Waals surface area contributed by atoms with Crippen molar-refractivity contribution >= 4 is 17.3 Å². The van der Waals surface area contributed by atoms with E-state index in [0.717, 1.165) is 17.7 Å². The first-order valence-corrected chi connectivity index (χ1v) is 11.5. The van der Waals surface area contributed by atoms with Crippen LogP contribution >= 0.6 is 0 Å². The van der Waals surface area contributed by atoms with Crippen LogP contribution in [-0.4, -0.2) is 34.7 Å². The van der Waals surface area contributed by atoms with Gasteiger partial charge in [0.2, 0.25) is 0 Å². The van der Waals surface area contributed by atoms with Gasteiger partial charge in [0, 0.05) is 23.7 Å². The van der Waals surface area contributed by atoms with E-state index in [4.69, 9.17) is 5.73 Å². The summed E-state index contributed by atoms with van der Waals surface area (Å²) in [6.07, 6.45) is 0. The van der Waals surface area contributed by atoms with Crippen LogP contribution in [0.15, 0.2) is 83.7 Å². The molecule has 3 N–H and O–H groups in total. The van der Waals surface area contributed by atoms with E-state index in [1.165, 1.54) is 34.5 Å². The van der Waals surface area contributed by atoms with Gasteiger partial charge in [-0.3, -0.25) is 9.59 Å².